The summed E-state index contributed by atoms with van der Waals surface area (Å²) in [5.41, 5.74) is -0.000687. The van der Waals surface area contributed by atoms with Gasteiger partial charge in [-0.25, -0.2) is 4.79 Å². The molecule has 1 aromatic carbocycles. The molecule has 0 atom stereocenters. The molecule has 0 radical (unpaired) electrons. The van der Waals surface area contributed by atoms with E-state index in [9.17, 15) is 19.8 Å². The number of fused-ring (bicyclic) bond motifs is 1. The molecule has 0 spiro atoms. The van der Waals surface area contributed by atoms with Gasteiger partial charge in [-0.15, -0.1) is 0 Å². The van der Waals surface area contributed by atoms with Crippen LogP contribution in [0.15, 0.2) is 27.8 Å². The molecule has 0 saturated heterocycles. The number of anilines is 1. The fourth-order valence-corrected chi connectivity index (χ4v) is 3.18. The Labute approximate surface area is 169 Å². The fourth-order valence-electron chi connectivity index (χ4n) is 2.86. The number of nitrogens with one attached hydrogen (secondary N) is 1. The summed E-state index contributed by atoms with van der Waals surface area (Å²) in [5.74, 6) is 0.252. The van der Waals surface area contributed by atoms with Crippen LogP contribution >= 0.6 is 23.2 Å². The predicted octanol–water partition coefficient (Wildman–Crippen LogP) is 0.554. The molecule has 0 aliphatic carbocycles. The zero-order valence-electron chi connectivity index (χ0n) is 15.2. The number of aromatic nitrogens is 4. The lowest BCUT2D eigenvalue weighted by molar-refractivity contribution is 0.203. The highest BCUT2D eigenvalue weighted by Crippen LogP contribution is 2.23. The van der Waals surface area contributed by atoms with Crippen molar-refractivity contribution >= 4 is 40.3 Å². The van der Waals surface area contributed by atoms with Gasteiger partial charge in [0.1, 0.15) is 0 Å². The van der Waals surface area contributed by atoms with Crippen LogP contribution in [-0.2, 0) is 20.6 Å². The second kappa shape index (κ2) is 7.96. The molecule has 3 aromatic rings. The second-order valence-electron chi connectivity index (χ2n) is 6.35. The molecular weight excluding hydrogens is 409 g/mol. The third kappa shape index (κ3) is 3.53. The SMILES string of the molecule is Cn1c(NC(CO)CO)nc2c1c(=O)n(Cc1ccc(Cl)c(Cl)c1)c(=O)n2C. The molecule has 2 aromatic heterocycles. The normalized spacial score (nSPS) is 11.5. The number of hydrogen-bond donors (Lipinski definition) is 3. The lowest BCUT2D eigenvalue weighted by Gasteiger charge is -2.13. The van der Waals surface area contributed by atoms with Crippen LogP contribution in [-0.4, -0.2) is 48.2 Å². The summed E-state index contributed by atoms with van der Waals surface area (Å²) in [7, 11) is 3.13. The third-order valence-electron chi connectivity index (χ3n) is 4.46. The Bertz CT molecular complexity index is 1150. The Morgan fingerprint density at radius 3 is 2.39 bits per heavy atom. The molecule has 0 bridgehead atoms. The molecule has 0 aliphatic rings. The van der Waals surface area contributed by atoms with Gasteiger partial charge in [0.05, 0.1) is 35.8 Å². The van der Waals surface area contributed by atoms with Crippen LogP contribution in [0.3, 0.4) is 0 Å². The van der Waals surface area contributed by atoms with Crippen LogP contribution in [0.25, 0.3) is 11.2 Å². The standard InChI is InChI=1S/C17H19Cl2N5O4/c1-22-13-14(21-16(22)20-10(7-25)8-26)23(2)17(28)24(15(13)27)6-9-3-4-11(18)12(19)5-9/h3-5,10,25-26H,6-8H2,1-2H3,(H,20,21). The number of aliphatic hydroxyl groups is 2. The number of nitrogens with zero attached hydrogens (tertiary/aromatic N) is 4. The topological polar surface area (TPSA) is 114 Å². The molecular formula is C17H19Cl2N5O4. The minimum Gasteiger partial charge on any atom is -0.394 e. The van der Waals surface area contributed by atoms with Crippen molar-refractivity contribution in [1.29, 1.82) is 0 Å². The van der Waals surface area contributed by atoms with Crippen molar-refractivity contribution in [2.75, 3.05) is 18.5 Å². The van der Waals surface area contributed by atoms with Crippen molar-refractivity contribution in [3.05, 3.63) is 54.6 Å². The van der Waals surface area contributed by atoms with Crippen molar-refractivity contribution in [3.8, 4) is 0 Å². The summed E-state index contributed by atoms with van der Waals surface area (Å²) in [6.45, 7) is -0.622. The highest BCUT2D eigenvalue weighted by molar-refractivity contribution is 6.42. The van der Waals surface area contributed by atoms with E-state index in [1.165, 1.54) is 16.2 Å². The molecule has 150 valence electrons. The molecule has 3 N–H and O–H groups in total. The zero-order chi connectivity index (χ0) is 20.6. The lowest BCUT2D eigenvalue weighted by atomic mass is 10.2. The van der Waals surface area contributed by atoms with Crippen LogP contribution < -0.4 is 16.6 Å². The molecule has 0 saturated carbocycles. The number of hydrogen-bond acceptors (Lipinski definition) is 6. The number of benzene rings is 1. The van der Waals surface area contributed by atoms with Gasteiger partial charge in [0.25, 0.3) is 5.56 Å². The molecule has 11 heteroatoms. The molecule has 0 unspecified atom stereocenters. The van der Waals surface area contributed by atoms with E-state index in [4.69, 9.17) is 23.2 Å². The maximum Gasteiger partial charge on any atom is 0.332 e. The number of imidazole rings is 1. The van der Waals surface area contributed by atoms with E-state index in [1.54, 1.807) is 25.2 Å². The van der Waals surface area contributed by atoms with E-state index < -0.39 is 17.3 Å². The molecule has 0 aliphatic heterocycles. The van der Waals surface area contributed by atoms with Crippen molar-refractivity contribution in [2.24, 2.45) is 14.1 Å². The first-order valence-electron chi connectivity index (χ1n) is 8.36. The number of aliphatic hydroxyl groups excluding tert-OH is 2. The molecule has 3 rings (SSSR count). The van der Waals surface area contributed by atoms with Gasteiger partial charge in [0.15, 0.2) is 11.2 Å². The van der Waals surface area contributed by atoms with Gasteiger partial charge < -0.3 is 20.1 Å². The van der Waals surface area contributed by atoms with Gasteiger partial charge in [-0.3, -0.25) is 13.9 Å². The van der Waals surface area contributed by atoms with E-state index >= 15 is 0 Å². The maximum atomic E-state index is 13.0. The van der Waals surface area contributed by atoms with E-state index in [-0.39, 0.29) is 36.9 Å². The highest BCUT2D eigenvalue weighted by atomic mass is 35.5. The smallest absolute Gasteiger partial charge is 0.332 e. The largest absolute Gasteiger partial charge is 0.394 e. The van der Waals surface area contributed by atoms with E-state index in [0.29, 0.717) is 15.6 Å². The fraction of sp³-hybridized carbons (Fsp3) is 0.353. The summed E-state index contributed by atoms with van der Waals surface area (Å²) in [6.07, 6.45) is 0. The first-order valence-corrected chi connectivity index (χ1v) is 9.12. The maximum absolute atomic E-state index is 13.0. The molecule has 0 fully saturated rings. The summed E-state index contributed by atoms with van der Waals surface area (Å²) < 4.78 is 3.84. The summed E-state index contributed by atoms with van der Waals surface area (Å²) in [6, 6.07) is 4.24. The van der Waals surface area contributed by atoms with E-state index in [2.05, 4.69) is 10.3 Å². The third-order valence-corrected chi connectivity index (χ3v) is 5.20. The summed E-state index contributed by atoms with van der Waals surface area (Å²) in [4.78, 5) is 30.0. The Balaban J connectivity index is 2.14. The Kier molecular flexibility index (Phi) is 5.80. The van der Waals surface area contributed by atoms with E-state index in [0.717, 1.165) is 4.57 Å². The molecule has 0 amide bonds. The van der Waals surface area contributed by atoms with Crippen molar-refractivity contribution in [1.82, 2.24) is 18.7 Å². The number of rotatable bonds is 6. The Hall–Kier alpha value is -2.33. The van der Waals surface area contributed by atoms with Gasteiger partial charge in [-0.2, -0.15) is 4.98 Å². The minimum absolute atomic E-state index is 0.0161. The molecule has 28 heavy (non-hydrogen) atoms. The van der Waals surface area contributed by atoms with Crippen molar-refractivity contribution in [3.63, 3.8) is 0 Å². The highest BCUT2D eigenvalue weighted by Gasteiger charge is 2.20. The quantitative estimate of drug-likeness (QED) is 0.529. The Morgan fingerprint density at radius 1 is 1.11 bits per heavy atom. The number of aryl methyl sites for hydroxylation is 2. The van der Waals surface area contributed by atoms with Gasteiger partial charge >= 0.3 is 5.69 Å². The van der Waals surface area contributed by atoms with Crippen molar-refractivity contribution in [2.45, 2.75) is 12.6 Å². The van der Waals surface area contributed by atoms with Crippen LogP contribution in [0, 0.1) is 0 Å². The van der Waals surface area contributed by atoms with Crippen LogP contribution in [0.1, 0.15) is 5.56 Å². The lowest BCUT2D eigenvalue weighted by Crippen LogP contribution is -2.39. The second-order valence-corrected chi connectivity index (χ2v) is 7.17. The summed E-state index contributed by atoms with van der Waals surface area (Å²) in [5, 5.41) is 22.1. The monoisotopic (exact) mass is 427 g/mol. The number of halogens is 2. The average Bonchev–Trinajstić information content (AvgIpc) is 3.00. The molecule has 2 heterocycles. The zero-order valence-corrected chi connectivity index (χ0v) is 16.7. The molecule has 9 nitrogen and oxygen atoms in total. The minimum atomic E-state index is -0.647. The Morgan fingerprint density at radius 2 is 1.79 bits per heavy atom. The van der Waals surface area contributed by atoms with Gasteiger partial charge in [-0.05, 0) is 17.7 Å². The van der Waals surface area contributed by atoms with Crippen molar-refractivity contribution < 1.29 is 10.2 Å². The van der Waals surface area contributed by atoms with Crippen LogP contribution in [0.5, 0.6) is 0 Å². The van der Waals surface area contributed by atoms with Gasteiger partial charge in [0, 0.05) is 14.1 Å². The summed E-state index contributed by atoms with van der Waals surface area (Å²) >= 11 is 11.9. The van der Waals surface area contributed by atoms with Gasteiger partial charge in [-0.1, -0.05) is 29.3 Å². The first kappa shape index (κ1) is 20.4. The average molecular weight is 428 g/mol. The predicted molar refractivity (Wildman–Crippen MR) is 107 cm³/mol. The van der Waals surface area contributed by atoms with Gasteiger partial charge in [0.2, 0.25) is 5.95 Å². The first-order chi connectivity index (χ1) is 13.3. The van der Waals surface area contributed by atoms with Crippen LogP contribution in [0.2, 0.25) is 10.0 Å². The van der Waals surface area contributed by atoms with Crippen LogP contribution in [0.4, 0.5) is 5.95 Å². The van der Waals surface area contributed by atoms with E-state index in [1.807, 2.05) is 0 Å².